The van der Waals surface area contributed by atoms with Crippen molar-refractivity contribution in [3.05, 3.63) is 16.9 Å². The normalized spacial score (nSPS) is 20.2. The van der Waals surface area contributed by atoms with Crippen molar-refractivity contribution in [1.29, 1.82) is 0 Å². The Kier molecular flexibility index (Phi) is 1.54. The van der Waals surface area contributed by atoms with Gasteiger partial charge in [0.05, 0.1) is 22.8 Å². The highest BCUT2D eigenvalue weighted by Crippen LogP contribution is 2.36. The molecule has 1 aromatic rings. The molecule has 0 atom stereocenters. The second kappa shape index (κ2) is 2.32. The lowest BCUT2D eigenvalue weighted by atomic mass is 10.3. The zero-order chi connectivity index (χ0) is 7.90. The lowest BCUT2D eigenvalue weighted by Gasteiger charge is -2.05. The Balaban J connectivity index is 2.06. The van der Waals surface area contributed by atoms with Gasteiger partial charge in [0.1, 0.15) is 0 Å². The molecule has 60 valence electrons. The van der Waals surface area contributed by atoms with Gasteiger partial charge in [-0.2, -0.15) is 5.10 Å². The first-order chi connectivity index (χ1) is 5.18. The monoisotopic (exact) mass is 216 g/mol. The van der Waals surface area contributed by atoms with Crippen molar-refractivity contribution in [2.75, 3.05) is 0 Å². The summed E-state index contributed by atoms with van der Waals surface area (Å²) in [4.78, 5) is 0. The molecule has 0 radical (unpaired) electrons. The van der Waals surface area contributed by atoms with Crippen molar-refractivity contribution in [2.24, 2.45) is 0 Å². The van der Waals surface area contributed by atoms with E-state index in [0.29, 0.717) is 6.54 Å². The van der Waals surface area contributed by atoms with Crippen LogP contribution >= 0.6 is 15.9 Å². The van der Waals surface area contributed by atoms with Gasteiger partial charge in [0, 0.05) is 6.20 Å². The van der Waals surface area contributed by atoms with Crippen LogP contribution in [0.25, 0.3) is 0 Å². The lowest BCUT2D eigenvalue weighted by Crippen LogP contribution is -2.16. The second-order valence-electron chi connectivity index (χ2n) is 3.08. The van der Waals surface area contributed by atoms with Gasteiger partial charge in [0.2, 0.25) is 0 Å². The quantitative estimate of drug-likeness (QED) is 0.807. The number of rotatable bonds is 2. The summed E-state index contributed by atoms with van der Waals surface area (Å²) < 4.78 is 2.72. The minimum absolute atomic E-state index is 0.453. The maximum Gasteiger partial charge on any atom is 0.0844 e. The molecule has 4 heteroatoms. The van der Waals surface area contributed by atoms with E-state index in [1.54, 1.807) is 10.9 Å². The Labute approximate surface area is 73.2 Å². The maximum atomic E-state index is 9.52. The average Bonchev–Trinajstić information content (AvgIpc) is 2.49. The minimum atomic E-state index is -0.453. The Morgan fingerprint density at radius 1 is 1.73 bits per heavy atom. The number of hydrogen-bond acceptors (Lipinski definition) is 2. The molecule has 0 aromatic carbocycles. The van der Waals surface area contributed by atoms with Crippen molar-refractivity contribution in [1.82, 2.24) is 9.78 Å². The summed E-state index contributed by atoms with van der Waals surface area (Å²) >= 11 is 3.30. The Morgan fingerprint density at radius 3 is 2.91 bits per heavy atom. The number of halogens is 1. The van der Waals surface area contributed by atoms with E-state index in [0.717, 1.165) is 17.3 Å². The topological polar surface area (TPSA) is 38.0 Å². The van der Waals surface area contributed by atoms with Crippen LogP contribution in [0.3, 0.4) is 0 Å². The Morgan fingerprint density at radius 2 is 2.45 bits per heavy atom. The van der Waals surface area contributed by atoms with Gasteiger partial charge in [-0.1, -0.05) is 0 Å². The van der Waals surface area contributed by atoms with Crippen LogP contribution in [0.1, 0.15) is 12.8 Å². The SMILES string of the molecule is OC1(Cn2cc(Br)cn2)CC1. The van der Waals surface area contributed by atoms with E-state index in [2.05, 4.69) is 21.0 Å². The standard InChI is InChI=1S/C7H9BrN2O/c8-6-3-9-10(4-6)5-7(11)1-2-7/h3-4,11H,1-2,5H2. The summed E-state index contributed by atoms with van der Waals surface area (Å²) in [6.07, 6.45) is 5.41. The second-order valence-corrected chi connectivity index (χ2v) is 4.00. The molecule has 1 aliphatic rings. The van der Waals surface area contributed by atoms with Crippen molar-refractivity contribution < 1.29 is 5.11 Å². The summed E-state index contributed by atoms with van der Waals surface area (Å²) in [5, 5.41) is 13.6. The number of hydrogen-bond donors (Lipinski definition) is 1. The van der Waals surface area contributed by atoms with Gasteiger partial charge in [-0.15, -0.1) is 0 Å². The molecule has 0 aliphatic heterocycles. The molecule has 1 aliphatic carbocycles. The first kappa shape index (κ1) is 7.31. The minimum Gasteiger partial charge on any atom is -0.388 e. The van der Waals surface area contributed by atoms with Crippen molar-refractivity contribution in [3.8, 4) is 0 Å². The smallest absolute Gasteiger partial charge is 0.0844 e. The van der Waals surface area contributed by atoms with Gasteiger partial charge in [-0.3, -0.25) is 4.68 Å². The van der Waals surface area contributed by atoms with E-state index in [-0.39, 0.29) is 0 Å². The van der Waals surface area contributed by atoms with Crippen LogP contribution in [0.2, 0.25) is 0 Å². The van der Waals surface area contributed by atoms with Crippen LogP contribution in [0.4, 0.5) is 0 Å². The number of aliphatic hydroxyl groups is 1. The maximum absolute atomic E-state index is 9.52. The van der Waals surface area contributed by atoms with Crippen LogP contribution in [0.15, 0.2) is 16.9 Å². The molecule has 1 aromatic heterocycles. The van der Waals surface area contributed by atoms with E-state index < -0.39 is 5.60 Å². The fraction of sp³-hybridized carbons (Fsp3) is 0.571. The third-order valence-electron chi connectivity index (χ3n) is 1.89. The molecule has 1 N–H and O–H groups in total. The zero-order valence-electron chi connectivity index (χ0n) is 6.00. The van der Waals surface area contributed by atoms with Crippen LogP contribution in [-0.2, 0) is 6.54 Å². The lowest BCUT2D eigenvalue weighted by molar-refractivity contribution is 0.125. The molecule has 0 unspecified atom stereocenters. The highest BCUT2D eigenvalue weighted by Gasteiger charge is 2.40. The van der Waals surface area contributed by atoms with Gasteiger partial charge >= 0.3 is 0 Å². The summed E-state index contributed by atoms with van der Waals surface area (Å²) in [6, 6.07) is 0. The third-order valence-corrected chi connectivity index (χ3v) is 2.29. The van der Waals surface area contributed by atoms with E-state index in [1.807, 2.05) is 6.20 Å². The fourth-order valence-corrected chi connectivity index (χ4v) is 1.36. The van der Waals surface area contributed by atoms with Gasteiger partial charge in [-0.25, -0.2) is 0 Å². The van der Waals surface area contributed by atoms with Gasteiger partial charge < -0.3 is 5.11 Å². The molecular weight excluding hydrogens is 208 g/mol. The highest BCUT2D eigenvalue weighted by molar-refractivity contribution is 9.10. The van der Waals surface area contributed by atoms with Crippen molar-refractivity contribution in [3.63, 3.8) is 0 Å². The molecular formula is C7H9BrN2O. The summed E-state index contributed by atoms with van der Waals surface area (Å²) in [5.41, 5.74) is -0.453. The van der Waals surface area contributed by atoms with Gasteiger partial charge in [0.25, 0.3) is 0 Å². The zero-order valence-corrected chi connectivity index (χ0v) is 7.58. The van der Waals surface area contributed by atoms with E-state index in [1.165, 1.54) is 0 Å². The van der Waals surface area contributed by atoms with Crippen LogP contribution in [0.5, 0.6) is 0 Å². The predicted octanol–water partition coefficient (Wildman–Crippen LogP) is 1.17. The molecule has 0 saturated heterocycles. The Bertz CT molecular complexity index is 267. The molecule has 11 heavy (non-hydrogen) atoms. The predicted molar refractivity (Wildman–Crippen MR) is 44.1 cm³/mol. The van der Waals surface area contributed by atoms with Crippen molar-refractivity contribution in [2.45, 2.75) is 25.0 Å². The first-order valence-electron chi connectivity index (χ1n) is 3.58. The summed E-state index contributed by atoms with van der Waals surface area (Å²) in [7, 11) is 0. The van der Waals surface area contributed by atoms with Crippen LogP contribution in [-0.4, -0.2) is 20.5 Å². The molecule has 1 fully saturated rings. The summed E-state index contributed by atoms with van der Waals surface area (Å²) in [6.45, 7) is 0.624. The largest absolute Gasteiger partial charge is 0.388 e. The van der Waals surface area contributed by atoms with Gasteiger partial charge in [-0.05, 0) is 28.8 Å². The van der Waals surface area contributed by atoms with Crippen LogP contribution < -0.4 is 0 Å². The highest BCUT2D eigenvalue weighted by atomic mass is 79.9. The molecule has 3 nitrogen and oxygen atoms in total. The number of aromatic nitrogens is 2. The molecule has 2 rings (SSSR count). The summed E-state index contributed by atoms with van der Waals surface area (Å²) in [5.74, 6) is 0. The fourth-order valence-electron chi connectivity index (χ4n) is 1.03. The number of nitrogens with zero attached hydrogens (tertiary/aromatic N) is 2. The van der Waals surface area contributed by atoms with Crippen molar-refractivity contribution >= 4 is 15.9 Å². The molecule has 1 saturated carbocycles. The average molecular weight is 217 g/mol. The third kappa shape index (κ3) is 1.62. The first-order valence-corrected chi connectivity index (χ1v) is 4.38. The molecule has 1 heterocycles. The van der Waals surface area contributed by atoms with Crippen LogP contribution in [0, 0.1) is 0 Å². The molecule has 0 bridgehead atoms. The molecule has 0 spiro atoms. The van der Waals surface area contributed by atoms with Gasteiger partial charge in [0.15, 0.2) is 0 Å². The van der Waals surface area contributed by atoms with E-state index in [9.17, 15) is 5.11 Å². The van der Waals surface area contributed by atoms with E-state index >= 15 is 0 Å². The molecule has 0 amide bonds. The van der Waals surface area contributed by atoms with E-state index in [4.69, 9.17) is 0 Å². The Hall–Kier alpha value is -0.350.